The highest BCUT2D eigenvalue weighted by Crippen LogP contribution is 2.44. The normalized spacial score (nSPS) is 12.8. The number of pyridine rings is 1. The zero-order valence-electron chi connectivity index (χ0n) is 18.8. The summed E-state index contributed by atoms with van der Waals surface area (Å²) in [5, 5.41) is 14.2. The Morgan fingerprint density at radius 1 is 0.971 bits per heavy atom. The van der Waals surface area contributed by atoms with Crippen LogP contribution >= 0.6 is 0 Å². The Kier molecular flexibility index (Phi) is 7.25. The number of amides is 2. The summed E-state index contributed by atoms with van der Waals surface area (Å²) in [5.41, 5.74) is 4.69. The van der Waals surface area contributed by atoms with Gasteiger partial charge in [0.25, 0.3) is 0 Å². The maximum Gasteiger partial charge on any atom is 0.407 e. The van der Waals surface area contributed by atoms with Crippen LogP contribution in [0.25, 0.3) is 11.1 Å². The first-order chi connectivity index (χ1) is 16.9. The average Bonchev–Trinajstić information content (AvgIpc) is 3.18. The van der Waals surface area contributed by atoms with Gasteiger partial charge in [0, 0.05) is 31.1 Å². The van der Waals surface area contributed by atoms with Crippen molar-refractivity contribution >= 4 is 18.0 Å². The number of carbonyl (C=O) groups excluding carboxylic acids is 2. The maximum absolute atomic E-state index is 12.7. The molecular formula is C26H25N3O6. The largest absolute Gasteiger partial charge is 0.481 e. The molecule has 1 aliphatic rings. The average molecular weight is 476 g/mol. The van der Waals surface area contributed by atoms with E-state index in [9.17, 15) is 19.2 Å². The summed E-state index contributed by atoms with van der Waals surface area (Å²) in [7, 11) is 0. The van der Waals surface area contributed by atoms with Crippen molar-refractivity contribution in [3.8, 4) is 11.1 Å². The molecule has 2 aromatic carbocycles. The number of rotatable bonds is 9. The number of carbonyl (C=O) groups is 3. The van der Waals surface area contributed by atoms with E-state index in [1.54, 1.807) is 6.07 Å². The van der Waals surface area contributed by atoms with Crippen LogP contribution in [0.1, 0.15) is 35.4 Å². The number of carboxylic acid groups (broad SMARTS) is 1. The van der Waals surface area contributed by atoms with Gasteiger partial charge in [0.05, 0.1) is 0 Å². The van der Waals surface area contributed by atoms with Crippen molar-refractivity contribution < 1.29 is 24.2 Å². The van der Waals surface area contributed by atoms with Gasteiger partial charge in [0.15, 0.2) is 0 Å². The van der Waals surface area contributed by atoms with E-state index in [1.807, 2.05) is 48.5 Å². The third-order valence-electron chi connectivity index (χ3n) is 5.91. The first-order valence-corrected chi connectivity index (χ1v) is 11.2. The van der Waals surface area contributed by atoms with Crippen molar-refractivity contribution in [2.45, 2.75) is 31.3 Å². The monoisotopic (exact) mass is 475 g/mol. The van der Waals surface area contributed by atoms with Crippen molar-refractivity contribution in [3.63, 3.8) is 0 Å². The number of nitrogens with one attached hydrogen (secondary N) is 3. The topological polar surface area (TPSA) is 138 Å². The molecule has 0 fully saturated rings. The van der Waals surface area contributed by atoms with E-state index < -0.39 is 24.0 Å². The fourth-order valence-electron chi connectivity index (χ4n) is 4.18. The Morgan fingerprint density at radius 2 is 1.63 bits per heavy atom. The smallest absolute Gasteiger partial charge is 0.407 e. The van der Waals surface area contributed by atoms with Crippen LogP contribution < -0.4 is 16.2 Å². The Balaban J connectivity index is 1.39. The highest BCUT2D eigenvalue weighted by Gasteiger charge is 2.30. The molecule has 0 bridgehead atoms. The molecule has 0 saturated heterocycles. The van der Waals surface area contributed by atoms with Gasteiger partial charge in [0.1, 0.15) is 12.6 Å². The molecule has 1 unspecified atom stereocenters. The fourth-order valence-corrected chi connectivity index (χ4v) is 4.18. The molecule has 0 spiro atoms. The van der Waals surface area contributed by atoms with Crippen LogP contribution in [0.15, 0.2) is 71.7 Å². The molecule has 1 aliphatic carbocycles. The molecule has 0 aliphatic heterocycles. The Hall–Kier alpha value is -4.40. The Bertz CT molecular complexity index is 1240. The van der Waals surface area contributed by atoms with Gasteiger partial charge >= 0.3 is 12.1 Å². The van der Waals surface area contributed by atoms with Crippen molar-refractivity contribution in [1.29, 1.82) is 0 Å². The summed E-state index contributed by atoms with van der Waals surface area (Å²) in [6, 6.07) is 17.7. The van der Waals surface area contributed by atoms with Crippen molar-refractivity contribution in [3.05, 3.63) is 93.9 Å². The van der Waals surface area contributed by atoms with Gasteiger partial charge < -0.3 is 25.5 Å². The minimum atomic E-state index is -1.09. The summed E-state index contributed by atoms with van der Waals surface area (Å²) < 4.78 is 5.49. The number of benzene rings is 2. The number of fused-ring (bicyclic) bond motifs is 3. The number of H-pyrrole nitrogens is 1. The molecule has 1 heterocycles. The molecule has 4 rings (SSSR count). The lowest BCUT2D eigenvalue weighted by atomic mass is 9.98. The van der Waals surface area contributed by atoms with Gasteiger partial charge in [-0.05, 0) is 34.2 Å². The van der Waals surface area contributed by atoms with Crippen LogP contribution in [-0.2, 0) is 20.9 Å². The number of alkyl carbamates (subject to hydrolysis) is 1. The summed E-state index contributed by atoms with van der Waals surface area (Å²) in [4.78, 5) is 50.0. The summed E-state index contributed by atoms with van der Waals surface area (Å²) in [6.45, 7) is 0.177. The molecule has 180 valence electrons. The third-order valence-corrected chi connectivity index (χ3v) is 5.91. The SMILES string of the molecule is O=C(O)CCC(NC(=O)OCC1c2ccccc2-c2ccccc21)C(=O)NCc1ccc(=O)[nH]c1. The maximum atomic E-state index is 12.7. The van der Waals surface area contributed by atoms with E-state index in [0.29, 0.717) is 5.56 Å². The molecule has 3 aromatic rings. The number of hydrogen-bond acceptors (Lipinski definition) is 5. The fraction of sp³-hybridized carbons (Fsp3) is 0.231. The molecule has 35 heavy (non-hydrogen) atoms. The lowest BCUT2D eigenvalue weighted by molar-refractivity contribution is -0.137. The number of aromatic nitrogens is 1. The molecule has 9 heteroatoms. The quantitative estimate of drug-likeness (QED) is 0.376. The minimum absolute atomic E-state index is 0.0739. The van der Waals surface area contributed by atoms with E-state index in [-0.39, 0.29) is 37.5 Å². The van der Waals surface area contributed by atoms with E-state index in [4.69, 9.17) is 9.84 Å². The first kappa shape index (κ1) is 23.7. The van der Waals surface area contributed by atoms with Crippen LogP contribution in [0.4, 0.5) is 4.79 Å². The van der Waals surface area contributed by atoms with Crippen LogP contribution in [0.3, 0.4) is 0 Å². The van der Waals surface area contributed by atoms with Gasteiger partial charge in [-0.2, -0.15) is 0 Å². The number of ether oxygens (including phenoxy) is 1. The lowest BCUT2D eigenvalue weighted by Gasteiger charge is -2.19. The number of hydrogen-bond donors (Lipinski definition) is 4. The second-order valence-corrected chi connectivity index (χ2v) is 8.23. The lowest BCUT2D eigenvalue weighted by Crippen LogP contribution is -2.47. The molecule has 2 amide bonds. The number of carboxylic acids is 1. The van der Waals surface area contributed by atoms with Crippen LogP contribution in [0.2, 0.25) is 0 Å². The van der Waals surface area contributed by atoms with Crippen LogP contribution in [0, 0.1) is 0 Å². The van der Waals surface area contributed by atoms with Gasteiger partial charge in [-0.25, -0.2) is 4.79 Å². The molecule has 0 saturated carbocycles. The van der Waals surface area contributed by atoms with Crippen molar-refractivity contribution in [1.82, 2.24) is 15.6 Å². The zero-order valence-corrected chi connectivity index (χ0v) is 18.8. The second-order valence-electron chi connectivity index (χ2n) is 8.23. The summed E-state index contributed by atoms with van der Waals surface area (Å²) in [6.07, 6.45) is 0.257. The van der Waals surface area contributed by atoms with Gasteiger partial charge in [-0.3, -0.25) is 14.4 Å². The van der Waals surface area contributed by atoms with Crippen LogP contribution in [0.5, 0.6) is 0 Å². The molecular weight excluding hydrogens is 450 g/mol. The van der Waals surface area contributed by atoms with E-state index in [2.05, 4.69) is 15.6 Å². The van der Waals surface area contributed by atoms with Crippen molar-refractivity contribution in [2.24, 2.45) is 0 Å². The summed E-state index contributed by atoms with van der Waals surface area (Å²) in [5.74, 6) is -1.77. The van der Waals surface area contributed by atoms with Crippen molar-refractivity contribution in [2.75, 3.05) is 6.61 Å². The zero-order chi connectivity index (χ0) is 24.8. The van der Waals surface area contributed by atoms with Gasteiger partial charge in [0.2, 0.25) is 11.5 Å². The van der Waals surface area contributed by atoms with Crippen LogP contribution in [-0.4, -0.2) is 40.7 Å². The minimum Gasteiger partial charge on any atom is -0.481 e. The van der Waals surface area contributed by atoms with E-state index in [1.165, 1.54) is 12.3 Å². The summed E-state index contributed by atoms with van der Waals surface area (Å²) >= 11 is 0. The molecule has 1 aromatic heterocycles. The van der Waals surface area contributed by atoms with E-state index in [0.717, 1.165) is 22.3 Å². The second kappa shape index (κ2) is 10.7. The Labute approximate surface area is 201 Å². The highest BCUT2D eigenvalue weighted by molar-refractivity contribution is 5.86. The molecule has 9 nitrogen and oxygen atoms in total. The van der Waals surface area contributed by atoms with Gasteiger partial charge in [-0.1, -0.05) is 54.6 Å². The molecule has 1 atom stereocenters. The van der Waals surface area contributed by atoms with Gasteiger partial charge in [-0.15, -0.1) is 0 Å². The Morgan fingerprint density at radius 3 is 2.23 bits per heavy atom. The number of aliphatic carboxylic acids is 1. The number of aromatic amines is 1. The predicted octanol–water partition coefficient (Wildman–Crippen LogP) is 2.76. The highest BCUT2D eigenvalue weighted by atomic mass is 16.5. The predicted molar refractivity (Wildman–Crippen MR) is 128 cm³/mol. The van der Waals surface area contributed by atoms with E-state index >= 15 is 0 Å². The molecule has 4 N–H and O–H groups in total. The first-order valence-electron chi connectivity index (χ1n) is 11.2. The molecule has 0 radical (unpaired) electrons. The standard InChI is InChI=1S/C26H25N3O6/c30-23-11-9-16(13-27-23)14-28-25(33)22(10-12-24(31)32)29-26(34)35-15-21-19-7-3-1-5-17(19)18-6-2-4-8-20(18)21/h1-9,11,13,21-22H,10,12,14-15H2,(H,27,30)(H,28,33)(H,29,34)(H,31,32). The third kappa shape index (κ3) is 5.75.